The van der Waals surface area contributed by atoms with Crippen molar-refractivity contribution in [2.75, 3.05) is 19.0 Å². The van der Waals surface area contributed by atoms with Gasteiger partial charge in [0.05, 0.1) is 18.8 Å². The number of nitrogens with zero attached hydrogens (tertiary/aromatic N) is 2. The van der Waals surface area contributed by atoms with Crippen LogP contribution in [-0.2, 0) is 18.3 Å². The van der Waals surface area contributed by atoms with E-state index in [0.29, 0.717) is 23.9 Å². The fraction of sp³-hybridized carbons (Fsp3) is 0.286. The zero-order chi connectivity index (χ0) is 15.0. The Kier molecular flexibility index (Phi) is 3.60. The number of para-hydroxylation sites is 1. The molecular formula is C14H15N3O3S. The Balaban J connectivity index is 2.20. The molecule has 1 N–H and O–H groups in total. The van der Waals surface area contributed by atoms with Crippen LogP contribution in [0.15, 0.2) is 43.8 Å². The van der Waals surface area contributed by atoms with Crippen molar-refractivity contribution in [3.63, 3.8) is 0 Å². The highest BCUT2D eigenvalue weighted by atomic mass is 32.2. The topological polar surface area (TPSA) is 65.3 Å². The number of rotatable bonds is 3. The molecule has 2 aromatic rings. The van der Waals surface area contributed by atoms with Gasteiger partial charge < -0.3 is 10.1 Å². The maximum atomic E-state index is 12.3. The van der Waals surface area contributed by atoms with Crippen molar-refractivity contribution in [2.24, 2.45) is 7.05 Å². The van der Waals surface area contributed by atoms with Crippen LogP contribution in [0.3, 0.4) is 0 Å². The summed E-state index contributed by atoms with van der Waals surface area (Å²) in [4.78, 5) is 25.6. The molecule has 1 aliphatic rings. The van der Waals surface area contributed by atoms with Crippen LogP contribution in [0.2, 0.25) is 0 Å². The first-order valence-corrected chi connectivity index (χ1v) is 7.32. The van der Waals surface area contributed by atoms with Crippen LogP contribution in [0.4, 0.5) is 11.4 Å². The molecular weight excluding hydrogens is 290 g/mol. The standard InChI is InChI=1S/C14H15N3O3S/c1-16-12(18)11-13(17(14(16)19)7-8-20-2)21-10-6-4-3-5-9(10)15-11/h3-6,15H,7-8H2,1-2H3. The molecule has 0 saturated carbocycles. The van der Waals surface area contributed by atoms with Gasteiger partial charge in [0.15, 0.2) is 0 Å². The van der Waals surface area contributed by atoms with Crippen LogP contribution in [0, 0.1) is 0 Å². The summed E-state index contributed by atoms with van der Waals surface area (Å²) >= 11 is 1.43. The van der Waals surface area contributed by atoms with Gasteiger partial charge in [-0.1, -0.05) is 23.9 Å². The highest BCUT2D eigenvalue weighted by Crippen LogP contribution is 2.41. The Morgan fingerprint density at radius 2 is 2.05 bits per heavy atom. The van der Waals surface area contributed by atoms with Gasteiger partial charge in [-0.05, 0) is 12.1 Å². The number of anilines is 2. The summed E-state index contributed by atoms with van der Waals surface area (Å²) in [5.41, 5.74) is 0.677. The number of nitrogens with one attached hydrogen (secondary N) is 1. The van der Waals surface area contributed by atoms with Crippen molar-refractivity contribution in [3.8, 4) is 0 Å². The number of methoxy groups -OCH3 is 1. The van der Waals surface area contributed by atoms with E-state index in [1.54, 1.807) is 11.7 Å². The largest absolute Gasteiger partial charge is 0.383 e. The van der Waals surface area contributed by atoms with Gasteiger partial charge in [0.25, 0.3) is 5.56 Å². The smallest absolute Gasteiger partial charge is 0.331 e. The molecule has 0 spiro atoms. The molecule has 21 heavy (non-hydrogen) atoms. The van der Waals surface area contributed by atoms with Crippen molar-refractivity contribution < 1.29 is 4.74 Å². The third-order valence-corrected chi connectivity index (χ3v) is 4.56. The van der Waals surface area contributed by atoms with E-state index in [9.17, 15) is 9.59 Å². The first kappa shape index (κ1) is 14.0. The SMILES string of the molecule is COCCn1c2c(c(=O)n(C)c1=O)Nc1ccccc1S2. The number of fused-ring (bicyclic) bond motifs is 2. The van der Waals surface area contributed by atoms with Crippen LogP contribution in [-0.4, -0.2) is 22.9 Å². The summed E-state index contributed by atoms with van der Waals surface area (Å²) < 4.78 is 7.75. The molecule has 0 radical (unpaired) electrons. The minimum Gasteiger partial charge on any atom is -0.383 e. The number of benzene rings is 1. The van der Waals surface area contributed by atoms with Gasteiger partial charge in [-0.15, -0.1) is 0 Å². The molecule has 7 heteroatoms. The molecule has 0 bridgehead atoms. The Morgan fingerprint density at radius 3 is 2.81 bits per heavy atom. The third kappa shape index (κ3) is 2.28. The minimum absolute atomic E-state index is 0.314. The molecule has 0 saturated heterocycles. The summed E-state index contributed by atoms with van der Waals surface area (Å²) in [6, 6.07) is 7.70. The number of hydrogen-bond acceptors (Lipinski definition) is 5. The molecule has 2 heterocycles. The van der Waals surface area contributed by atoms with Crippen molar-refractivity contribution >= 4 is 23.1 Å². The van der Waals surface area contributed by atoms with Crippen LogP contribution in [0.5, 0.6) is 0 Å². The first-order chi connectivity index (χ1) is 10.1. The number of ether oxygens (including phenoxy) is 1. The first-order valence-electron chi connectivity index (χ1n) is 6.50. The average molecular weight is 305 g/mol. The Labute approximate surface area is 125 Å². The predicted octanol–water partition coefficient (Wildman–Crippen LogP) is 1.40. The van der Waals surface area contributed by atoms with Gasteiger partial charge in [-0.25, -0.2) is 4.79 Å². The second-order valence-electron chi connectivity index (χ2n) is 4.69. The zero-order valence-corrected chi connectivity index (χ0v) is 12.6. The number of hydrogen-bond donors (Lipinski definition) is 1. The molecule has 110 valence electrons. The fourth-order valence-corrected chi connectivity index (χ4v) is 3.34. The molecule has 1 aromatic carbocycles. The zero-order valence-electron chi connectivity index (χ0n) is 11.8. The third-order valence-electron chi connectivity index (χ3n) is 3.37. The van der Waals surface area contributed by atoms with Crippen molar-refractivity contribution in [3.05, 3.63) is 45.1 Å². The molecule has 0 amide bonds. The molecule has 1 aliphatic heterocycles. The molecule has 1 aromatic heterocycles. The molecule has 0 aliphatic carbocycles. The van der Waals surface area contributed by atoms with Crippen LogP contribution < -0.4 is 16.6 Å². The maximum absolute atomic E-state index is 12.3. The van der Waals surface area contributed by atoms with Gasteiger partial charge >= 0.3 is 5.69 Å². The lowest BCUT2D eigenvalue weighted by Gasteiger charge is -2.23. The maximum Gasteiger partial charge on any atom is 0.331 e. The van der Waals surface area contributed by atoms with Crippen LogP contribution >= 0.6 is 11.8 Å². The lowest BCUT2D eigenvalue weighted by Crippen LogP contribution is -2.41. The second kappa shape index (κ2) is 5.42. The fourth-order valence-electron chi connectivity index (χ4n) is 2.24. The summed E-state index contributed by atoms with van der Waals surface area (Å²) in [6.45, 7) is 0.815. The predicted molar refractivity (Wildman–Crippen MR) is 81.7 cm³/mol. The van der Waals surface area contributed by atoms with E-state index in [0.717, 1.165) is 15.1 Å². The molecule has 6 nitrogen and oxygen atoms in total. The van der Waals surface area contributed by atoms with Crippen molar-refractivity contribution in [2.45, 2.75) is 16.5 Å². The van der Waals surface area contributed by atoms with E-state index >= 15 is 0 Å². The van der Waals surface area contributed by atoms with Gasteiger partial charge in [-0.3, -0.25) is 13.9 Å². The van der Waals surface area contributed by atoms with E-state index < -0.39 is 0 Å². The van der Waals surface area contributed by atoms with E-state index in [-0.39, 0.29) is 11.2 Å². The quantitative estimate of drug-likeness (QED) is 0.741. The van der Waals surface area contributed by atoms with Crippen molar-refractivity contribution in [1.29, 1.82) is 0 Å². The number of aromatic nitrogens is 2. The highest BCUT2D eigenvalue weighted by molar-refractivity contribution is 7.99. The van der Waals surface area contributed by atoms with E-state index in [1.165, 1.54) is 18.8 Å². The molecule has 0 fully saturated rings. The highest BCUT2D eigenvalue weighted by Gasteiger charge is 2.23. The van der Waals surface area contributed by atoms with Gasteiger partial charge in [-0.2, -0.15) is 0 Å². The lowest BCUT2D eigenvalue weighted by atomic mass is 10.3. The van der Waals surface area contributed by atoms with E-state index in [1.807, 2.05) is 24.3 Å². The van der Waals surface area contributed by atoms with Gasteiger partial charge in [0.1, 0.15) is 10.7 Å². The normalized spacial score (nSPS) is 12.5. The average Bonchev–Trinajstić information content (AvgIpc) is 2.51. The van der Waals surface area contributed by atoms with Gasteiger partial charge in [0.2, 0.25) is 0 Å². The van der Waals surface area contributed by atoms with Crippen LogP contribution in [0.25, 0.3) is 0 Å². The van der Waals surface area contributed by atoms with Crippen LogP contribution in [0.1, 0.15) is 0 Å². The van der Waals surface area contributed by atoms with Gasteiger partial charge in [0, 0.05) is 19.1 Å². The lowest BCUT2D eigenvalue weighted by molar-refractivity contribution is 0.182. The molecule has 3 rings (SSSR count). The Bertz CT molecular complexity index is 810. The summed E-state index contributed by atoms with van der Waals surface area (Å²) in [5.74, 6) is 0. The minimum atomic E-state index is -0.329. The van der Waals surface area contributed by atoms with E-state index in [2.05, 4.69) is 5.32 Å². The monoisotopic (exact) mass is 305 g/mol. The Hall–Kier alpha value is -1.99. The van der Waals surface area contributed by atoms with E-state index in [4.69, 9.17) is 4.74 Å². The second-order valence-corrected chi connectivity index (χ2v) is 5.73. The molecule has 0 unspecified atom stereocenters. The summed E-state index contributed by atoms with van der Waals surface area (Å²) in [5, 5.41) is 3.78. The molecule has 0 atom stereocenters. The van der Waals surface area contributed by atoms with Crippen molar-refractivity contribution in [1.82, 2.24) is 9.13 Å². The summed E-state index contributed by atoms with van der Waals surface area (Å²) in [6.07, 6.45) is 0. The Morgan fingerprint density at radius 1 is 1.29 bits per heavy atom. The summed E-state index contributed by atoms with van der Waals surface area (Å²) in [7, 11) is 3.07.